The maximum Gasteiger partial charge on any atom is 0.0881 e. The number of allylic oxidation sites excluding steroid dienone is 5. The van der Waals surface area contributed by atoms with Gasteiger partial charge in [-0.05, 0) is 98.1 Å². The molecule has 4 heteroatoms. The van der Waals surface area contributed by atoms with Crippen molar-refractivity contribution in [3.63, 3.8) is 0 Å². The van der Waals surface area contributed by atoms with Crippen molar-refractivity contribution < 1.29 is 0 Å². The van der Waals surface area contributed by atoms with E-state index in [9.17, 15) is 0 Å². The standard InChI is InChI=1S/C38H30N4/c1-2-8-30-29(7-1)33-21-25(27-13-17-37(41-23-27)35-9-3-5-19-39-35)11-15-31(33)32-16-12-26(22-34(30)32)28-14-18-38(42-24-28)36-10-4-6-20-40-36/h1-5,7-19,21-22,24,35,39,41H,6,20,23H2. The number of dihydropyridines is 3. The molecule has 3 aliphatic heterocycles. The Morgan fingerprint density at radius 3 is 2.14 bits per heavy atom. The predicted octanol–water partition coefficient (Wildman–Crippen LogP) is 7.87. The average molecular weight is 543 g/mol. The third kappa shape index (κ3) is 4.33. The Bertz CT molecular complexity index is 2030. The zero-order valence-electron chi connectivity index (χ0n) is 23.2. The minimum Gasteiger partial charge on any atom is -0.382 e. The largest absolute Gasteiger partial charge is 0.382 e. The lowest BCUT2D eigenvalue weighted by molar-refractivity contribution is 0.707. The minimum absolute atomic E-state index is 0.196. The fraction of sp³-hybridized carbons (Fsp3) is 0.105. The molecule has 0 aliphatic carbocycles. The van der Waals surface area contributed by atoms with E-state index in [0.29, 0.717) is 0 Å². The van der Waals surface area contributed by atoms with Gasteiger partial charge < -0.3 is 10.6 Å². The number of nitrogens with one attached hydrogen (secondary N) is 2. The lowest BCUT2D eigenvalue weighted by Gasteiger charge is -2.24. The average Bonchev–Trinajstić information content (AvgIpc) is 3.09. The maximum atomic E-state index is 4.75. The summed E-state index contributed by atoms with van der Waals surface area (Å²) in [6.07, 6.45) is 19.9. The van der Waals surface area contributed by atoms with Gasteiger partial charge in [-0.2, -0.15) is 0 Å². The lowest BCUT2D eigenvalue weighted by Crippen LogP contribution is -2.35. The van der Waals surface area contributed by atoms with Gasteiger partial charge in [0.15, 0.2) is 0 Å². The number of nitrogens with zero attached hydrogens (tertiary/aromatic N) is 2. The van der Waals surface area contributed by atoms with Crippen molar-refractivity contribution in [2.45, 2.75) is 12.5 Å². The molecular formula is C38H30N4. The van der Waals surface area contributed by atoms with Crippen molar-refractivity contribution in [2.75, 3.05) is 13.1 Å². The summed E-state index contributed by atoms with van der Waals surface area (Å²) in [6.45, 7) is 1.64. The number of pyridine rings is 1. The first-order valence-corrected chi connectivity index (χ1v) is 14.6. The van der Waals surface area contributed by atoms with Crippen molar-refractivity contribution in [2.24, 2.45) is 4.99 Å². The van der Waals surface area contributed by atoms with Crippen LogP contribution in [0.4, 0.5) is 0 Å². The van der Waals surface area contributed by atoms with Crippen LogP contribution in [-0.2, 0) is 0 Å². The van der Waals surface area contributed by atoms with Crippen LogP contribution < -0.4 is 10.6 Å². The molecule has 4 nitrogen and oxygen atoms in total. The highest BCUT2D eigenvalue weighted by Gasteiger charge is 2.16. The highest BCUT2D eigenvalue weighted by molar-refractivity contribution is 6.26. The van der Waals surface area contributed by atoms with Crippen LogP contribution in [0, 0.1) is 0 Å². The van der Waals surface area contributed by atoms with Crippen LogP contribution >= 0.6 is 0 Å². The van der Waals surface area contributed by atoms with Crippen molar-refractivity contribution >= 4 is 43.6 Å². The quantitative estimate of drug-likeness (QED) is 0.227. The van der Waals surface area contributed by atoms with E-state index < -0.39 is 0 Å². The number of fused-ring (bicyclic) bond motifs is 6. The smallest absolute Gasteiger partial charge is 0.0881 e. The molecule has 0 radical (unpaired) electrons. The summed E-state index contributed by atoms with van der Waals surface area (Å²) in [4.78, 5) is 9.37. The zero-order valence-corrected chi connectivity index (χ0v) is 23.2. The van der Waals surface area contributed by atoms with Crippen LogP contribution in [0.5, 0.6) is 0 Å². The highest BCUT2D eigenvalue weighted by Crippen LogP contribution is 2.38. The normalized spacial score (nSPS) is 18.0. The van der Waals surface area contributed by atoms with Gasteiger partial charge in [0.2, 0.25) is 0 Å². The van der Waals surface area contributed by atoms with E-state index in [-0.39, 0.29) is 6.04 Å². The first-order valence-electron chi connectivity index (χ1n) is 14.6. The van der Waals surface area contributed by atoms with Gasteiger partial charge in [-0.1, -0.05) is 78.9 Å². The number of aliphatic imine (C=N–C) groups is 1. The topological polar surface area (TPSA) is 49.3 Å². The summed E-state index contributed by atoms with van der Waals surface area (Å²) >= 11 is 0. The SMILES string of the molecule is C1=CNC(C2=CC=C(c3ccc4c5ccc(-c6ccc(C7=NCCC=C7)nc6)cc5c5ccccc5c4c3)CN2)C=C1. The fourth-order valence-corrected chi connectivity index (χ4v) is 6.28. The maximum absolute atomic E-state index is 4.75. The third-order valence-corrected chi connectivity index (χ3v) is 8.49. The molecule has 0 bridgehead atoms. The summed E-state index contributed by atoms with van der Waals surface area (Å²) < 4.78 is 0. The summed E-state index contributed by atoms with van der Waals surface area (Å²) in [5, 5.41) is 14.7. The summed E-state index contributed by atoms with van der Waals surface area (Å²) in [6, 6.07) is 27.0. The van der Waals surface area contributed by atoms with Crippen molar-refractivity contribution in [3.05, 3.63) is 145 Å². The zero-order chi connectivity index (χ0) is 27.9. The van der Waals surface area contributed by atoms with Gasteiger partial charge in [-0.3, -0.25) is 9.98 Å². The van der Waals surface area contributed by atoms with Crippen molar-refractivity contribution in [1.82, 2.24) is 15.6 Å². The first-order chi connectivity index (χ1) is 20.8. The van der Waals surface area contributed by atoms with E-state index in [4.69, 9.17) is 4.98 Å². The first kappa shape index (κ1) is 24.6. The van der Waals surface area contributed by atoms with Gasteiger partial charge in [-0.25, -0.2) is 0 Å². The number of rotatable bonds is 4. The summed E-state index contributed by atoms with van der Waals surface area (Å²) in [5.41, 5.74) is 7.91. The summed E-state index contributed by atoms with van der Waals surface area (Å²) in [7, 11) is 0. The van der Waals surface area contributed by atoms with Gasteiger partial charge in [0.25, 0.3) is 0 Å². The van der Waals surface area contributed by atoms with Crippen LogP contribution in [0.15, 0.2) is 138 Å². The summed E-state index contributed by atoms with van der Waals surface area (Å²) in [5.74, 6) is 0. The Labute approximate surface area is 245 Å². The molecule has 0 fully saturated rings. The number of hydrogen-bond acceptors (Lipinski definition) is 4. The second-order valence-electron chi connectivity index (χ2n) is 11.0. The van der Waals surface area contributed by atoms with Crippen LogP contribution in [0.2, 0.25) is 0 Å². The van der Waals surface area contributed by atoms with Gasteiger partial charge in [0.1, 0.15) is 0 Å². The Hall–Kier alpha value is -5.22. The lowest BCUT2D eigenvalue weighted by atomic mass is 9.90. The van der Waals surface area contributed by atoms with Gasteiger partial charge >= 0.3 is 0 Å². The molecule has 42 heavy (non-hydrogen) atoms. The molecule has 1 unspecified atom stereocenters. The predicted molar refractivity (Wildman–Crippen MR) is 177 cm³/mol. The molecular weight excluding hydrogens is 512 g/mol. The van der Waals surface area contributed by atoms with Crippen molar-refractivity contribution in [3.8, 4) is 11.1 Å². The molecule has 0 spiro atoms. The van der Waals surface area contributed by atoms with Gasteiger partial charge in [0, 0.05) is 30.5 Å². The second kappa shape index (κ2) is 10.3. The molecule has 0 saturated heterocycles. The molecule has 2 N–H and O–H groups in total. The molecule has 8 rings (SSSR count). The molecule has 5 aromatic rings. The molecule has 0 saturated carbocycles. The third-order valence-electron chi connectivity index (χ3n) is 8.49. The Morgan fingerprint density at radius 1 is 0.714 bits per heavy atom. The monoisotopic (exact) mass is 542 g/mol. The number of hydrogen-bond donors (Lipinski definition) is 2. The van der Waals surface area contributed by atoms with Crippen LogP contribution in [0.1, 0.15) is 17.7 Å². The number of benzene rings is 4. The van der Waals surface area contributed by atoms with Gasteiger partial charge in [-0.15, -0.1) is 0 Å². The van der Waals surface area contributed by atoms with E-state index in [1.807, 2.05) is 18.5 Å². The molecule has 1 atom stereocenters. The van der Waals surface area contributed by atoms with E-state index in [0.717, 1.165) is 36.5 Å². The Balaban J connectivity index is 1.19. The second-order valence-corrected chi connectivity index (χ2v) is 11.0. The Kier molecular flexibility index (Phi) is 6.03. The fourth-order valence-electron chi connectivity index (χ4n) is 6.28. The van der Waals surface area contributed by atoms with E-state index in [1.165, 1.54) is 54.7 Å². The highest BCUT2D eigenvalue weighted by atomic mass is 15.0. The molecule has 3 aliphatic rings. The minimum atomic E-state index is 0.196. The molecule has 1 aromatic heterocycles. The van der Waals surface area contributed by atoms with Crippen LogP contribution in [0.25, 0.3) is 49.0 Å². The van der Waals surface area contributed by atoms with Gasteiger partial charge in [0.05, 0.1) is 17.4 Å². The van der Waals surface area contributed by atoms with Crippen LogP contribution in [-0.4, -0.2) is 29.8 Å². The van der Waals surface area contributed by atoms with Crippen molar-refractivity contribution in [1.29, 1.82) is 0 Å². The van der Waals surface area contributed by atoms with E-state index in [2.05, 4.69) is 125 Å². The molecule has 4 heterocycles. The molecule has 0 amide bonds. The number of aromatic nitrogens is 1. The Morgan fingerprint density at radius 2 is 1.48 bits per heavy atom. The molecule has 202 valence electrons. The van der Waals surface area contributed by atoms with E-state index in [1.54, 1.807) is 0 Å². The van der Waals surface area contributed by atoms with E-state index >= 15 is 0 Å². The van der Waals surface area contributed by atoms with Crippen LogP contribution in [0.3, 0.4) is 0 Å². The molecule has 4 aromatic carbocycles.